The van der Waals surface area contributed by atoms with Crippen LogP contribution in [-0.4, -0.2) is 12.0 Å². The summed E-state index contributed by atoms with van der Waals surface area (Å²) < 4.78 is 17.7. The number of anilines is 2. The van der Waals surface area contributed by atoms with Gasteiger partial charge >= 0.3 is 5.69 Å². The quantitative estimate of drug-likeness (QED) is 0.676. The van der Waals surface area contributed by atoms with Crippen LogP contribution in [0.25, 0.3) is 0 Å². The van der Waals surface area contributed by atoms with Crippen LogP contribution in [0.4, 0.5) is 21.5 Å². The fourth-order valence-corrected chi connectivity index (χ4v) is 1.61. The van der Waals surface area contributed by atoms with Crippen LogP contribution in [0.3, 0.4) is 0 Å². The minimum Gasteiger partial charge on any atom is -0.490 e. The Morgan fingerprint density at radius 2 is 1.79 bits per heavy atom. The van der Waals surface area contributed by atoms with Gasteiger partial charge in [0.1, 0.15) is 5.82 Å². The van der Waals surface area contributed by atoms with Crippen molar-refractivity contribution in [3.05, 3.63) is 58.4 Å². The maximum absolute atomic E-state index is 12.8. The number of nitro benzene ring substituents is 1. The maximum Gasteiger partial charge on any atom is 0.311 e. The van der Waals surface area contributed by atoms with Crippen molar-refractivity contribution in [2.75, 3.05) is 12.4 Å². The van der Waals surface area contributed by atoms with Gasteiger partial charge in [-0.15, -0.1) is 0 Å². The minimum absolute atomic E-state index is 0.104. The predicted octanol–water partition coefficient (Wildman–Crippen LogP) is 3.49. The smallest absolute Gasteiger partial charge is 0.311 e. The van der Waals surface area contributed by atoms with Crippen molar-refractivity contribution in [3.8, 4) is 5.75 Å². The molecule has 0 aliphatic rings. The third-order valence-electron chi connectivity index (χ3n) is 2.51. The van der Waals surface area contributed by atoms with Crippen molar-refractivity contribution >= 4 is 17.1 Å². The van der Waals surface area contributed by atoms with Gasteiger partial charge in [-0.2, -0.15) is 0 Å². The molecule has 6 heteroatoms. The Balaban J connectivity index is 2.26. The summed E-state index contributed by atoms with van der Waals surface area (Å²) in [4.78, 5) is 10.2. The van der Waals surface area contributed by atoms with Gasteiger partial charge in [-0.25, -0.2) is 4.39 Å². The van der Waals surface area contributed by atoms with Gasteiger partial charge < -0.3 is 10.1 Å². The largest absolute Gasteiger partial charge is 0.490 e. The number of nitrogens with one attached hydrogen (secondary N) is 1. The van der Waals surface area contributed by atoms with Gasteiger partial charge in [0.2, 0.25) is 0 Å². The Morgan fingerprint density at radius 3 is 2.37 bits per heavy atom. The SMILES string of the molecule is COc1cc(Nc2ccc(F)cc2)ccc1[N+](=O)[O-]. The van der Waals surface area contributed by atoms with Crippen LogP contribution in [0.5, 0.6) is 5.75 Å². The van der Waals surface area contributed by atoms with E-state index in [1.54, 1.807) is 18.2 Å². The Bertz CT molecular complexity index is 599. The van der Waals surface area contributed by atoms with E-state index in [0.29, 0.717) is 11.4 Å². The molecule has 0 saturated heterocycles. The number of hydrogen-bond acceptors (Lipinski definition) is 4. The lowest BCUT2D eigenvalue weighted by Gasteiger charge is -2.08. The third kappa shape index (κ3) is 2.98. The summed E-state index contributed by atoms with van der Waals surface area (Å²) in [6.45, 7) is 0. The van der Waals surface area contributed by atoms with Crippen LogP contribution < -0.4 is 10.1 Å². The second-order valence-corrected chi connectivity index (χ2v) is 3.78. The normalized spacial score (nSPS) is 10.0. The molecular formula is C13H11FN2O3. The molecular weight excluding hydrogens is 251 g/mol. The van der Waals surface area contributed by atoms with Gasteiger partial charge in [-0.3, -0.25) is 10.1 Å². The van der Waals surface area contributed by atoms with E-state index in [2.05, 4.69) is 5.32 Å². The summed E-state index contributed by atoms with van der Waals surface area (Å²) in [5.41, 5.74) is 1.19. The molecule has 0 aliphatic heterocycles. The van der Waals surface area contributed by atoms with E-state index in [-0.39, 0.29) is 17.3 Å². The second kappa shape index (κ2) is 5.34. The van der Waals surface area contributed by atoms with Gasteiger partial charge in [0, 0.05) is 23.5 Å². The number of nitro groups is 1. The zero-order chi connectivity index (χ0) is 13.8. The van der Waals surface area contributed by atoms with Crippen LogP contribution in [0, 0.1) is 15.9 Å². The molecule has 0 aliphatic carbocycles. The molecule has 98 valence electrons. The van der Waals surface area contributed by atoms with Gasteiger partial charge in [0.25, 0.3) is 0 Å². The fourth-order valence-electron chi connectivity index (χ4n) is 1.61. The molecule has 0 fully saturated rings. The van der Waals surface area contributed by atoms with Gasteiger partial charge in [-0.05, 0) is 30.3 Å². The summed E-state index contributed by atoms with van der Waals surface area (Å²) in [6.07, 6.45) is 0. The van der Waals surface area contributed by atoms with Gasteiger partial charge in [-0.1, -0.05) is 0 Å². The second-order valence-electron chi connectivity index (χ2n) is 3.78. The molecule has 19 heavy (non-hydrogen) atoms. The average molecular weight is 262 g/mol. The first kappa shape index (κ1) is 12.8. The Kier molecular flexibility index (Phi) is 3.61. The molecule has 0 radical (unpaired) electrons. The number of rotatable bonds is 4. The lowest BCUT2D eigenvalue weighted by atomic mass is 10.2. The molecule has 0 bridgehead atoms. The molecule has 0 aromatic heterocycles. The number of halogens is 1. The summed E-state index contributed by atoms with van der Waals surface area (Å²) in [5.74, 6) is -0.163. The van der Waals surface area contributed by atoms with E-state index < -0.39 is 4.92 Å². The molecule has 0 atom stereocenters. The molecule has 0 spiro atoms. The predicted molar refractivity (Wildman–Crippen MR) is 69.3 cm³/mol. The summed E-state index contributed by atoms with van der Waals surface area (Å²) in [5, 5.41) is 13.8. The zero-order valence-corrected chi connectivity index (χ0v) is 10.1. The molecule has 0 saturated carbocycles. The topological polar surface area (TPSA) is 64.4 Å². The van der Waals surface area contributed by atoms with E-state index >= 15 is 0 Å². The summed E-state index contributed by atoms with van der Waals surface area (Å²) in [6, 6.07) is 10.2. The van der Waals surface area contributed by atoms with Crippen LogP contribution in [-0.2, 0) is 0 Å². The van der Waals surface area contributed by atoms with Gasteiger partial charge in [0.05, 0.1) is 12.0 Å². The van der Waals surface area contributed by atoms with Crippen LogP contribution in [0.2, 0.25) is 0 Å². The Morgan fingerprint density at radius 1 is 1.16 bits per heavy atom. The number of nitrogens with zero attached hydrogens (tertiary/aromatic N) is 1. The summed E-state index contributed by atoms with van der Waals surface area (Å²) >= 11 is 0. The zero-order valence-electron chi connectivity index (χ0n) is 10.1. The molecule has 0 heterocycles. The van der Waals surface area contributed by atoms with E-state index in [4.69, 9.17) is 4.74 Å². The molecule has 0 unspecified atom stereocenters. The third-order valence-corrected chi connectivity index (χ3v) is 2.51. The highest BCUT2D eigenvalue weighted by Gasteiger charge is 2.14. The first-order chi connectivity index (χ1) is 9.10. The lowest BCUT2D eigenvalue weighted by Crippen LogP contribution is -1.96. The summed E-state index contributed by atoms with van der Waals surface area (Å²) in [7, 11) is 1.37. The Hall–Kier alpha value is -2.63. The average Bonchev–Trinajstić information content (AvgIpc) is 2.41. The highest BCUT2D eigenvalue weighted by molar-refractivity contribution is 5.64. The van der Waals surface area contributed by atoms with Crippen molar-refractivity contribution in [2.45, 2.75) is 0 Å². The van der Waals surface area contributed by atoms with Crippen LogP contribution >= 0.6 is 0 Å². The molecule has 2 aromatic carbocycles. The van der Waals surface area contributed by atoms with Crippen LogP contribution in [0.15, 0.2) is 42.5 Å². The van der Waals surface area contributed by atoms with E-state index in [1.165, 1.54) is 31.4 Å². The van der Waals surface area contributed by atoms with E-state index in [0.717, 1.165) is 0 Å². The highest BCUT2D eigenvalue weighted by Crippen LogP contribution is 2.30. The van der Waals surface area contributed by atoms with Crippen molar-refractivity contribution in [1.29, 1.82) is 0 Å². The number of benzene rings is 2. The number of hydrogen-bond donors (Lipinski definition) is 1. The first-order valence-electron chi connectivity index (χ1n) is 5.45. The van der Waals surface area contributed by atoms with Crippen molar-refractivity contribution in [1.82, 2.24) is 0 Å². The standard InChI is InChI=1S/C13H11FN2O3/c1-19-13-8-11(6-7-12(13)16(17)18)15-10-4-2-9(14)3-5-10/h2-8,15H,1H3. The monoisotopic (exact) mass is 262 g/mol. The molecule has 2 aromatic rings. The number of methoxy groups -OCH3 is 1. The van der Waals surface area contributed by atoms with Crippen molar-refractivity contribution in [2.24, 2.45) is 0 Å². The fraction of sp³-hybridized carbons (Fsp3) is 0.0769. The lowest BCUT2D eigenvalue weighted by molar-refractivity contribution is -0.385. The molecule has 5 nitrogen and oxygen atoms in total. The van der Waals surface area contributed by atoms with E-state index in [1.807, 2.05) is 0 Å². The number of ether oxygens (including phenoxy) is 1. The molecule has 0 amide bonds. The molecule has 1 N–H and O–H groups in total. The maximum atomic E-state index is 12.8. The van der Waals surface area contributed by atoms with Gasteiger partial charge in [0.15, 0.2) is 5.75 Å². The minimum atomic E-state index is -0.513. The highest BCUT2D eigenvalue weighted by atomic mass is 19.1. The van der Waals surface area contributed by atoms with Crippen LogP contribution in [0.1, 0.15) is 0 Å². The van der Waals surface area contributed by atoms with Crippen molar-refractivity contribution in [3.63, 3.8) is 0 Å². The Labute approximate surface area is 108 Å². The molecule has 2 rings (SSSR count). The first-order valence-corrected chi connectivity index (χ1v) is 5.45. The van der Waals surface area contributed by atoms with E-state index in [9.17, 15) is 14.5 Å². The van der Waals surface area contributed by atoms with Crippen molar-refractivity contribution < 1.29 is 14.1 Å².